The average molecular weight is 356 g/mol. The number of carbonyl (C=O) groups excluding carboxylic acids is 1. The van der Waals surface area contributed by atoms with Gasteiger partial charge in [-0.15, -0.1) is 24.8 Å². The minimum atomic E-state index is 0. The highest BCUT2D eigenvalue weighted by molar-refractivity contribution is 5.85. The van der Waals surface area contributed by atoms with Crippen LogP contribution >= 0.6 is 24.8 Å². The molecule has 2 heterocycles. The van der Waals surface area contributed by atoms with E-state index in [0.717, 1.165) is 19.7 Å². The van der Waals surface area contributed by atoms with Gasteiger partial charge < -0.3 is 20.3 Å². The molecule has 5 nitrogen and oxygen atoms in total. The summed E-state index contributed by atoms with van der Waals surface area (Å²) in [4.78, 5) is 14.4. The van der Waals surface area contributed by atoms with E-state index < -0.39 is 0 Å². The number of ether oxygens (including phenoxy) is 1. The van der Waals surface area contributed by atoms with E-state index in [0.29, 0.717) is 18.9 Å². The van der Waals surface area contributed by atoms with Crippen LogP contribution in [0, 0.1) is 5.92 Å². The second-order valence-electron chi connectivity index (χ2n) is 6.02. The first-order valence-electron chi connectivity index (χ1n) is 8.08. The van der Waals surface area contributed by atoms with Crippen LogP contribution in [0.25, 0.3) is 0 Å². The van der Waals surface area contributed by atoms with E-state index in [4.69, 9.17) is 4.74 Å². The lowest BCUT2D eigenvalue weighted by atomic mass is 9.96. The van der Waals surface area contributed by atoms with Gasteiger partial charge in [0.2, 0.25) is 5.91 Å². The lowest BCUT2D eigenvalue weighted by molar-refractivity contribution is -0.122. The summed E-state index contributed by atoms with van der Waals surface area (Å²) in [5.41, 5.74) is 0. The summed E-state index contributed by atoms with van der Waals surface area (Å²) in [7, 11) is 0. The number of hydrogen-bond acceptors (Lipinski definition) is 4. The number of rotatable bonds is 6. The molecule has 0 aromatic rings. The molecule has 132 valence electrons. The highest BCUT2D eigenvalue weighted by Crippen LogP contribution is 2.16. The van der Waals surface area contributed by atoms with E-state index >= 15 is 0 Å². The zero-order valence-electron chi connectivity index (χ0n) is 13.5. The van der Waals surface area contributed by atoms with Crippen molar-refractivity contribution in [3.8, 4) is 0 Å². The maximum atomic E-state index is 11.9. The van der Waals surface area contributed by atoms with E-state index in [-0.39, 0.29) is 36.8 Å². The number of halogens is 2. The van der Waals surface area contributed by atoms with Gasteiger partial charge in [-0.2, -0.15) is 0 Å². The fourth-order valence-electron chi connectivity index (χ4n) is 3.04. The Kier molecular flexibility index (Phi) is 12.3. The summed E-state index contributed by atoms with van der Waals surface area (Å²) < 4.78 is 5.36. The number of nitrogens with one attached hydrogen (secondary N) is 2. The summed E-state index contributed by atoms with van der Waals surface area (Å²) in [6.45, 7) is 8.93. The Hall–Kier alpha value is -0.0700. The maximum Gasteiger partial charge on any atom is 0.221 e. The van der Waals surface area contributed by atoms with Crippen LogP contribution in [0.1, 0.15) is 32.6 Å². The molecule has 0 aromatic carbocycles. The number of hydrogen-bond donors (Lipinski definition) is 2. The summed E-state index contributed by atoms with van der Waals surface area (Å²) in [6.07, 6.45) is 4.20. The van der Waals surface area contributed by atoms with Crippen LogP contribution < -0.4 is 10.6 Å². The fourth-order valence-corrected chi connectivity index (χ4v) is 3.04. The molecule has 1 unspecified atom stereocenters. The number of likely N-dealkylation sites (tertiary alicyclic amines) is 1. The molecular weight excluding hydrogens is 325 g/mol. The maximum absolute atomic E-state index is 11.9. The molecule has 0 radical (unpaired) electrons. The molecule has 2 aliphatic heterocycles. The van der Waals surface area contributed by atoms with Crippen LogP contribution in [0.5, 0.6) is 0 Å². The number of morpholine rings is 1. The molecule has 0 saturated carbocycles. The van der Waals surface area contributed by atoms with Crippen molar-refractivity contribution in [1.82, 2.24) is 15.5 Å². The predicted octanol–water partition coefficient (Wildman–Crippen LogP) is 1.45. The molecule has 2 fully saturated rings. The molecule has 0 aliphatic carbocycles. The Morgan fingerprint density at radius 3 is 2.64 bits per heavy atom. The summed E-state index contributed by atoms with van der Waals surface area (Å²) in [5, 5.41) is 6.41. The molecule has 2 N–H and O–H groups in total. The molecule has 2 aliphatic rings. The van der Waals surface area contributed by atoms with Crippen LogP contribution in [-0.4, -0.2) is 62.8 Å². The van der Waals surface area contributed by atoms with Crippen molar-refractivity contribution in [2.45, 2.75) is 38.6 Å². The summed E-state index contributed by atoms with van der Waals surface area (Å²) in [6, 6.07) is 0.190. The molecule has 2 rings (SSSR count). The molecule has 0 aromatic heterocycles. The smallest absolute Gasteiger partial charge is 0.221 e. The topological polar surface area (TPSA) is 53.6 Å². The molecule has 2 saturated heterocycles. The third kappa shape index (κ3) is 7.97. The van der Waals surface area contributed by atoms with Gasteiger partial charge in [-0.05, 0) is 44.8 Å². The van der Waals surface area contributed by atoms with Gasteiger partial charge in [0.05, 0.1) is 13.2 Å². The molecule has 1 atom stereocenters. The SMILES string of the molecule is CCCN1CCC(CNC(=O)CC2COCCN2)CC1.Cl.Cl. The molecule has 0 spiro atoms. The molecule has 7 heteroatoms. The van der Waals surface area contributed by atoms with Gasteiger partial charge in [-0.3, -0.25) is 4.79 Å². The van der Waals surface area contributed by atoms with Crippen molar-refractivity contribution < 1.29 is 9.53 Å². The van der Waals surface area contributed by atoms with Crippen LogP contribution in [0.15, 0.2) is 0 Å². The van der Waals surface area contributed by atoms with Gasteiger partial charge in [0.15, 0.2) is 0 Å². The number of amides is 1. The standard InChI is InChI=1S/C15H29N3O2.2ClH/c1-2-6-18-7-3-13(4-8-18)11-17-15(19)10-14-12-20-9-5-16-14;;/h13-14,16H,2-12H2,1H3,(H,17,19);2*1H. The minimum absolute atomic E-state index is 0. The van der Waals surface area contributed by atoms with Gasteiger partial charge >= 0.3 is 0 Å². The minimum Gasteiger partial charge on any atom is -0.378 e. The van der Waals surface area contributed by atoms with Crippen molar-refractivity contribution in [2.24, 2.45) is 5.92 Å². The first-order chi connectivity index (χ1) is 9.78. The third-order valence-electron chi connectivity index (χ3n) is 4.27. The van der Waals surface area contributed by atoms with Gasteiger partial charge in [0.25, 0.3) is 0 Å². The van der Waals surface area contributed by atoms with Gasteiger partial charge in [0.1, 0.15) is 0 Å². The summed E-state index contributed by atoms with van der Waals surface area (Å²) >= 11 is 0. The summed E-state index contributed by atoms with van der Waals surface area (Å²) in [5.74, 6) is 0.812. The van der Waals surface area contributed by atoms with E-state index in [2.05, 4.69) is 22.5 Å². The highest BCUT2D eigenvalue weighted by atomic mass is 35.5. The molecule has 1 amide bonds. The van der Waals surface area contributed by atoms with Gasteiger partial charge in [-0.25, -0.2) is 0 Å². The zero-order chi connectivity index (χ0) is 14.2. The monoisotopic (exact) mass is 355 g/mol. The van der Waals surface area contributed by atoms with E-state index in [1.807, 2.05) is 0 Å². The first kappa shape index (κ1) is 21.9. The van der Waals surface area contributed by atoms with Crippen molar-refractivity contribution >= 4 is 30.7 Å². The zero-order valence-corrected chi connectivity index (χ0v) is 15.1. The number of piperidine rings is 1. The Balaban J connectivity index is 0.00000220. The quantitative estimate of drug-likeness (QED) is 0.756. The third-order valence-corrected chi connectivity index (χ3v) is 4.27. The van der Waals surface area contributed by atoms with Crippen molar-refractivity contribution in [3.63, 3.8) is 0 Å². The largest absolute Gasteiger partial charge is 0.378 e. The van der Waals surface area contributed by atoms with Crippen LogP contribution in [0.2, 0.25) is 0 Å². The predicted molar refractivity (Wildman–Crippen MR) is 94.2 cm³/mol. The molecule has 22 heavy (non-hydrogen) atoms. The lowest BCUT2D eigenvalue weighted by Gasteiger charge is -2.31. The van der Waals surface area contributed by atoms with Crippen LogP contribution in [-0.2, 0) is 9.53 Å². The van der Waals surface area contributed by atoms with Crippen molar-refractivity contribution in [1.29, 1.82) is 0 Å². The van der Waals surface area contributed by atoms with Crippen LogP contribution in [0.3, 0.4) is 0 Å². The first-order valence-corrected chi connectivity index (χ1v) is 8.08. The Morgan fingerprint density at radius 2 is 2.05 bits per heavy atom. The molecule has 0 bridgehead atoms. The lowest BCUT2D eigenvalue weighted by Crippen LogP contribution is -2.45. The van der Waals surface area contributed by atoms with Crippen molar-refractivity contribution in [3.05, 3.63) is 0 Å². The normalized spacial score (nSPS) is 23.2. The fraction of sp³-hybridized carbons (Fsp3) is 0.933. The van der Waals surface area contributed by atoms with Crippen LogP contribution in [0.4, 0.5) is 0 Å². The number of carbonyl (C=O) groups is 1. The van der Waals surface area contributed by atoms with Gasteiger partial charge in [0, 0.05) is 25.6 Å². The average Bonchev–Trinajstić information content (AvgIpc) is 2.48. The van der Waals surface area contributed by atoms with Crippen molar-refractivity contribution in [2.75, 3.05) is 45.9 Å². The second kappa shape index (κ2) is 12.4. The Bertz CT molecular complexity index is 295. The van der Waals surface area contributed by atoms with Gasteiger partial charge in [-0.1, -0.05) is 6.92 Å². The Labute approximate surface area is 146 Å². The van der Waals surface area contributed by atoms with E-state index in [9.17, 15) is 4.79 Å². The Morgan fingerprint density at radius 1 is 1.32 bits per heavy atom. The second-order valence-corrected chi connectivity index (χ2v) is 6.02. The van der Waals surface area contributed by atoms with E-state index in [1.165, 1.54) is 38.9 Å². The number of nitrogens with zero attached hydrogens (tertiary/aromatic N) is 1. The molecular formula is C15H31Cl2N3O2. The van der Waals surface area contributed by atoms with E-state index in [1.54, 1.807) is 0 Å². The highest BCUT2D eigenvalue weighted by Gasteiger charge is 2.20.